The predicted molar refractivity (Wildman–Crippen MR) is 62.4 cm³/mol. The first-order valence-electron chi connectivity index (χ1n) is 5.22. The molecule has 17 heavy (non-hydrogen) atoms. The third-order valence-corrected chi connectivity index (χ3v) is 2.85. The number of halogens is 1. The minimum atomic E-state index is -1.13. The number of fused-ring (bicyclic) bond motifs is 1. The molecule has 1 heterocycles. The van der Waals surface area contributed by atoms with E-state index in [1.807, 2.05) is 0 Å². The van der Waals surface area contributed by atoms with Gasteiger partial charge >= 0.3 is 5.97 Å². The zero-order valence-corrected chi connectivity index (χ0v) is 9.57. The van der Waals surface area contributed by atoms with E-state index in [9.17, 15) is 9.18 Å². The molecule has 0 spiro atoms. The Morgan fingerprint density at radius 3 is 2.65 bits per heavy atom. The van der Waals surface area contributed by atoms with Crippen LogP contribution in [-0.4, -0.2) is 16.1 Å². The average Bonchev–Trinajstić information content (AvgIpc) is 2.29. The summed E-state index contributed by atoms with van der Waals surface area (Å²) in [4.78, 5) is 15.2. The Kier molecular flexibility index (Phi) is 2.58. The number of rotatable bonds is 2. The molecule has 2 rings (SSSR count). The van der Waals surface area contributed by atoms with Gasteiger partial charge in [-0.2, -0.15) is 0 Å². The van der Waals surface area contributed by atoms with Crippen molar-refractivity contribution in [2.24, 2.45) is 0 Å². The number of pyridine rings is 1. The van der Waals surface area contributed by atoms with Crippen molar-refractivity contribution in [2.75, 3.05) is 0 Å². The summed E-state index contributed by atoms with van der Waals surface area (Å²) in [6.07, 6.45) is 0. The zero-order valence-electron chi connectivity index (χ0n) is 9.57. The number of hydrogen-bond donors (Lipinski definition) is 1. The highest BCUT2D eigenvalue weighted by atomic mass is 19.1. The molecule has 0 radical (unpaired) electrons. The van der Waals surface area contributed by atoms with E-state index in [1.165, 1.54) is 6.07 Å². The summed E-state index contributed by atoms with van der Waals surface area (Å²) in [5.74, 6) is -1.42. The van der Waals surface area contributed by atoms with Gasteiger partial charge in [0.2, 0.25) is 0 Å². The van der Waals surface area contributed by atoms with Gasteiger partial charge in [-0.3, -0.25) is 4.79 Å². The van der Waals surface area contributed by atoms with Gasteiger partial charge < -0.3 is 5.11 Å². The topological polar surface area (TPSA) is 50.2 Å². The van der Waals surface area contributed by atoms with Crippen LogP contribution in [0.15, 0.2) is 30.3 Å². The first kappa shape index (κ1) is 11.5. The number of carboxylic acids is 1. The van der Waals surface area contributed by atoms with Crippen molar-refractivity contribution in [1.29, 1.82) is 0 Å². The van der Waals surface area contributed by atoms with E-state index in [0.717, 1.165) is 0 Å². The number of aromatic nitrogens is 1. The van der Waals surface area contributed by atoms with Crippen molar-refractivity contribution in [3.05, 3.63) is 41.8 Å². The second-order valence-corrected chi connectivity index (χ2v) is 4.44. The summed E-state index contributed by atoms with van der Waals surface area (Å²) in [6.45, 7) is 3.09. The van der Waals surface area contributed by atoms with Crippen LogP contribution in [0.2, 0.25) is 0 Å². The van der Waals surface area contributed by atoms with Crippen molar-refractivity contribution in [3.63, 3.8) is 0 Å². The van der Waals surface area contributed by atoms with Gasteiger partial charge in [0.1, 0.15) is 16.7 Å². The third kappa shape index (κ3) is 1.86. The summed E-state index contributed by atoms with van der Waals surface area (Å²) in [5, 5.41) is 9.76. The second-order valence-electron chi connectivity index (χ2n) is 4.44. The average molecular weight is 233 g/mol. The smallest absolute Gasteiger partial charge is 0.315 e. The molecule has 1 N–H and O–H groups in total. The molecule has 0 bridgehead atoms. The number of hydrogen-bond acceptors (Lipinski definition) is 2. The Morgan fingerprint density at radius 1 is 1.29 bits per heavy atom. The molecule has 4 heteroatoms. The summed E-state index contributed by atoms with van der Waals surface area (Å²) in [6, 6.07) is 7.96. The molecule has 0 aliphatic carbocycles. The quantitative estimate of drug-likeness (QED) is 0.867. The van der Waals surface area contributed by atoms with Gasteiger partial charge in [0.05, 0.1) is 5.69 Å². The van der Waals surface area contributed by atoms with Crippen LogP contribution in [0.4, 0.5) is 4.39 Å². The van der Waals surface area contributed by atoms with Crippen LogP contribution in [0.5, 0.6) is 0 Å². The molecule has 2 aromatic rings. The molecule has 0 saturated heterocycles. The fourth-order valence-electron chi connectivity index (χ4n) is 1.57. The van der Waals surface area contributed by atoms with Crippen molar-refractivity contribution in [1.82, 2.24) is 4.98 Å². The van der Waals surface area contributed by atoms with E-state index in [0.29, 0.717) is 11.1 Å². The lowest BCUT2D eigenvalue weighted by molar-refractivity contribution is -0.142. The zero-order chi connectivity index (χ0) is 12.6. The van der Waals surface area contributed by atoms with Gasteiger partial charge in [0, 0.05) is 5.39 Å². The molecule has 0 saturated carbocycles. The number of benzene rings is 1. The lowest BCUT2D eigenvalue weighted by Gasteiger charge is -2.18. The van der Waals surface area contributed by atoms with E-state index >= 15 is 0 Å². The van der Waals surface area contributed by atoms with Crippen LogP contribution in [0.25, 0.3) is 10.9 Å². The maximum absolute atomic E-state index is 13.5. The first-order chi connectivity index (χ1) is 7.93. The SMILES string of the molecule is CC(C)(C(=O)O)c1ccc2cccc(F)c2n1. The van der Waals surface area contributed by atoms with Crippen LogP contribution in [0, 0.1) is 5.82 Å². The van der Waals surface area contributed by atoms with Gasteiger partial charge in [-0.05, 0) is 26.0 Å². The molecule has 0 atom stereocenters. The Bertz CT molecular complexity index is 593. The number of nitrogens with zero attached hydrogens (tertiary/aromatic N) is 1. The Hall–Kier alpha value is -1.97. The Balaban J connectivity index is 2.66. The van der Waals surface area contributed by atoms with Gasteiger partial charge in [-0.25, -0.2) is 9.37 Å². The number of para-hydroxylation sites is 1. The summed E-state index contributed by atoms with van der Waals surface area (Å²) in [5.41, 5.74) is -0.571. The van der Waals surface area contributed by atoms with Gasteiger partial charge in [-0.1, -0.05) is 18.2 Å². The Morgan fingerprint density at radius 2 is 2.00 bits per heavy atom. The molecule has 0 aliphatic rings. The molecule has 1 aromatic carbocycles. The minimum absolute atomic E-state index is 0.208. The van der Waals surface area contributed by atoms with Crippen molar-refractivity contribution < 1.29 is 14.3 Å². The Labute approximate surface area is 97.9 Å². The van der Waals surface area contributed by atoms with Gasteiger partial charge in [-0.15, -0.1) is 0 Å². The molecule has 0 amide bonds. The fourth-order valence-corrected chi connectivity index (χ4v) is 1.57. The van der Waals surface area contributed by atoms with Gasteiger partial charge in [0.15, 0.2) is 0 Å². The molecule has 88 valence electrons. The highest BCUT2D eigenvalue weighted by Crippen LogP contribution is 2.25. The van der Waals surface area contributed by atoms with E-state index in [1.54, 1.807) is 38.1 Å². The van der Waals surface area contributed by atoms with Crippen LogP contribution in [0.3, 0.4) is 0 Å². The summed E-state index contributed by atoms with van der Waals surface area (Å²) in [7, 11) is 0. The molecule has 0 unspecified atom stereocenters. The lowest BCUT2D eigenvalue weighted by Crippen LogP contribution is -2.29. The van der Waals surface area contributed by atoms with Crippen LogP contribution < -0.4 is 0 Å². The minimum Gasteiger partial charge on any atom is -0.481 e. The van der Waals surface area contributed by atoms with E-state index in [2.05, 4.69) is 4.98 Å². The molecule has 1 aromatic heterocycles. The predicted octanol–water partition coefficient (Wildman–Crippen LogP) is 2.74. The van der Waals surface area contributed by atoms with Crippen LogP contribution in [-0.2, 0) is 10.2 Å². The standard InChI is InChI=1S/C13H12FNO2/c1-13(2,12(16)17)10-7-6-8-4-3-5-9(14)11(8)15-10/h3-7H,1-2H3,(H,16,17). The fraction of sp³-hybridized carbons (Fsp3) is 0.231. The normalized spacial score (nSPS) is 11.7. The van der Waals surface area contributed by atoms with Gasteiger partial charge in [0.25, 0.3) is 0 Å². The number of carbonyl (C=O) groups is 1. The van der Waals surface area contributed by atoms with Crippen molar-refractivity contribution in [2.45, 2.75) is 19.3 Å². The summed E-state index contributed by atoms with van der Waals surface area (Å²) < 4.78 is 13.5. The second kappa shape index (κ2) is 3.80. The van der Waals surface area contributed by atoms with E-state index in [-0.39, 0.29) is 5.52 Å². The lowest BCUT2D eigenvalue weighted by atomic mass is 9.88. The highest BCUT2D eigenvalue weighted by Gasteiger charge is 2.31. The van der Waals surface area contributed by atoms with Crippen LogP contribution in [0.1, 0.15) is 19.5 Å². The highest BCUT2D eigenvalue weighted by molar-refractivity contribution is 5.83. The molecule has 3 nitrogen and oxygen atoms in total. The number of aliphatic carboxylic acids is 1. The molecular weight excluding hydrogens is 221 g/mol. The maximum atomic E-state index is 13.5. The van der Waals surface area contributed by atoms with Crippen molar-refractivity contribution in [3.8, 4) is 0 Å². The van der Waals surface area contributed by atoms with E-state index in [4.69, 9.17) is 5.11 Å². The molecular formula is C13H12FNO2. The third-order valence-electron chi connectivity index (χ3n) is 2.85. The molecule has 0 aliphatic heterocycles. The largest absolute Gasteiger partial charge is 0.481 e. The monoisotopic (exact) mass is 233 g/mol. The van der Waals surface area contributed by atoms with Crippen molar-refractivity contribution >= 4 is 16.9 Å². The maximum Gasteiger partial charge on any atom is 0.315 e. The molecule has 0 fully saturated rings. The first-order valence-corrected chi connectivity index (χ1v) is 5.22. The van der Waals surface area contributed by atoms with E-state index < -0.39 is 17.2 Å². The summed E-state index contributed by atoms with van der Waals surface area (Å²) >= 11 is 0. The number of carboxylic acid groups (broad SMARTS) is 1. The van der Waals surface area contributed by atoms with Crippen LogP contribution >= 0.6 is 0 Å².